The maximum absolute atomic E-state index is 12.5. The maximum Gasteiger partial charge on any atom is 0.309 e. The van der Waals surface area contributed by atoms with Gasteiger partial charge in [0.1, 0.15) is 6.61 Å². The molecule has 0 aromatic heterocycles. The van der Waals surface area contributed by atoms with E-state index in [0.717, 1.165) is 65.0 Å². The molecule has 264 valence electrons. The first-order chi connectivity index (χ1) is 22.4. The molecular weight excluding hydrogens is 594 g/mol. The van der Waals surface area contributed by atoms with E-state index >= 15 is 0 Å². The van der Waals surface area contributed by atoms with E-state index in [1.54, 1.807) is 0 Å². The number of nitrogens with zero attached hydrogens (tertiary/aromatic N) is 1. The van der Waals surface area contributed by atoms with Crippen LogP contribution in [0.15, 0.2) is 0 Å². The lowest BCUT2D eigenvalue weighted by atomic mass is 9.41. The first kappa shape index (κ1) is 32.2. The maximum atomic E-state index is 12.5. The Balaban J connectivity index is 0.918. The summed E-state index contributed by atoms with van der Waals surface area (Å²) in [6, 6.07) is 0.524. The second-order valence-electron chi connectivity index (χ2n) is 19.0. The van der Waals surface area contributed by atoms with Gasteiger partial charge in [0.05, 0.1) is 62.7 Å². The van der Waals surface area contributed by atoms with Crippen molar-refractivity contribution in [1.29, 1.82) is 0 Å². The highest BCUT2D eigenvalue weighted by molar-refractivity contribution is 5.73. The number of hydrogen-bond acceptors (Lipinski definition) is 8. The number of carbonyl (C=O) groups excluding carboxylic acids is 1. The molecule has 3 saturated heterocycles. The number of morpholine rings is 1. The summed E-state index contributed by atoms with van der Waals surface area (Å²) < 4.78 is 31.2. The fraction of sp³-hybridized carbons (Fsp3) is 0.974. The van der Waals surface area contributed by atoms with Crippen LogP contribution in [0.3, 0.4) is 0 Å². The first-order valence-corrected chi connectivity index (χ1v) is 19.5. The third kappa shape index (κ3) is 4.30. The van der Waals surface area contributed by atoms with Crippen molar-refractivity contribution in [3.05, 3.63) is 0 Å². The Morgan fingerprint density at radius 3 is 2.47 bits per heavy atom. The Bertz CT molecular complexity index is 1250. The quantitative estimate of drug-likeness (QED) is 0.371. The zero-order chi connectivity index (χ0) is 32.6. The van der Waals surface area contributed by atoms with Crippen LogP contribution in [0.1, 0.15) is 105 Å². The van der Waals surface area contributed by atoms with E-state index < -0.39 is 6.10 Å². The number of carbonyl (C=O) groups is 1. The lowest BCUT2D eigenvalue weighted by Crippen LogP contribution is -2.60. The van der Waals surface area contributed by atoms with Gasteiger partial charge in [-0.05, 0) is 110 Å². The Morgan fingerprint density at radius 2 is 1.74 bits per heavy atom. The molecule has 3 heterocycles. The zero-order valence-electron chi connectivity index (χ0n) is 29.7. The highest BCUT2D eigenvalue weighted by atomic mass is 16.7. The number of fused-ring (bicyclic) bond motifs is 4. The molecule has 1 N–H and O–H groups in total. The third-order valence-corrected chi connectivity index (χ3v) is 17.2. The van der Waals surface area contributed by atoms with E-state index in [4.69, 9.17) is 23.7 Å². The zero-order valence-corrected chi connectivity index (χ0v) is 29.7. The van der Waals surface area contributed by atoms with Crippen molar-refractivity contribution in [2.24, 2.45) is 56.7 Å². The van der Waals surface area contributed by atoms with E-state index in [2.05, 4.69) is 39.5 Å². The first-order valence-electron chi connectivity index (χ1n) is 19.5. The summed E-state index contributed by atoms with van der Waals surface area (Å²) >= 11 is 0. The molecule has 9 aliphatic rings. The molecule has 0 radical (unpaired) electrons. The molecule has 0 amide bonds. The van der Waals surface area contributed by atoms with Gasteiger partial charge in [-0.2, -0.15) is 0 Å². The van der Waals surface area contributed by atoms with E-state index in [-0.39, 0.29) is 52.7 Å². The SMILES string of the molecule is C[C@@H]1CC(COC(=O)C2CCC2)OC2[C@H]1[C@@]1(C)CCC34C[C@@]35CC[C@H](OC3CN(C6COC6)CCO3)C(C)(C)[C@@H]5CCC4[C@]1(C)[C@H]2O. The monoisotopic (exact) mass is 655 g/mol. The minimum Gasteiger partial charge on any atom is -0.463 e. The van der Waals surface area contributed by atoms with E-state index in [0.29, 0.717) is 47.2 Å². The number of aliphatic hydroxyl groups excluding tert-OH is 1. The number of esters is 1. The van der Waals surface area contributed by atoms with E-state index in [9.17, 15) is 9.90 Å². The molecule has 6 aliphatic carbocycles. The molecule has 5 unspecified atom stereocenters. The average molecular weight is 656 g/mol. The smallest absolute Gasteiger partial charge is 0.309 e. The van der Waals surface area contributed by atoms with Crippen molar-refractivity contribution in [1.82, 2.24) is 4.90 Å². The molecule has 8 heteroatoms. The number of hydrogen-bond donors (Lipinski definition) is 1. The molecule has 13 atom stereocenters. The lowest BCUT2D eigenvalue weighted by Gasteiger charge is -2.64. The Hall–Kier alpha value is -0.770. The van der Waals surface area contributed by atoms with Crippen LogP contribution in [0, 0.1) is 56.7 Å². The molecule has 0 aromatic carbocycles. The van der Waals surface area contributed by atoms with Crippen LogP contribution >= 0.6 is 0 Å². The summed E-state index contributed by atoms with van der Waals surface area (Å²) in [5, 5.41) is 12.5. The summed E-state index contributed by atoms with van der Waals surface area (Å²) in [6.07, 6.45) is 11.8. The predicted octanol–water partition coefficient (Wildman–Crippen LogP) is 5.59. The molecule has 3 aliphatic heterocycles. The summed E-state index contributed by atoms with van der Waals surface area (Å²) in [4.78, 5) is 15.0. The normalized spacial score (nSPS) is 53.7. The second kappa shape index (κ2) is 10.9. The average Bonchev–Trinajstić information content (AvgIpc) is 3.61. The molecule has 2 spiro atoms. The van der Waals surface area contributed by atoms with Gasteiger partial charge in [0.25, 0.3) is 0 Å². The largest absolute Gasteiger partial charge is 0.463 e. The van der Waals surface area contributed by atoms with Crippen LogP contribution in [0.5, 0.6) is 0 Å². The summed E-state index contributed by atoms with van der Waals surface area (Å²) in [5.41, 5.74) is 0.642. The van der Waals surface area contributed by atoms with Gasteiger partial charge in [-0.25, -0.2) is 0 Å². The van der Waals surface area contributed by atoms with Gasteiger partial charge in [0.2, 0.25) is 0 Å². The Morgan fingerprint density at radius 1 is 0.979 bits per heavy atom. The topological polar surface area (TPSA) is 86.7 Å². The standard InChI is InChI=1S/C39H61NO7/c1-23-17-26(21-45-34(42)24-7-6-8-24)46-32-31(23)36(4)13-14-39-22-38(39)12-11-29(47-30-18-40(15-16-44-30)25-19-43-20-25)35(2,3)27(38)9-10-28(39)37(36,5)33(32)41/h23-33,41H,6-22H2,1-5H3/t23-,26?,27+,28?,29+,30?,31+,32?,33+,36-,37-,38-,39?/m1/s1. The van der Waals surface area contributed by atoms with Gasteiger partial charge in [-0.3, -0.25) is 9.69 Å². The second-order valence-corrected chi connectivity index (χ2v) is 19.0. The minimum absolute atomic E-state index is 0.0438. The number of ether oxygens (including phenoxy) is 5. The van der Waals surface area contributed by atoms with Crippen LogP contribution < -0.4 is 0 Å². The summed E-state index contributed by atoms with van der Waals surface area (Å²) in [7, 11) is 0. The van der Waals surface area contributed by atoms with E-state index in [1.165, 1.54) is 38.5 Å². The van der Waals surface area contributed by atoms with Crippen molar-refractivity contribution in [2.45, 2.75) is 142 Å². The predicted molar refractivity (Wildman–Crippen MR) is 175 cm³/mol. The molecule has 0 aromatic rings. The molecule has 9 fully saturated rings. The lowest BCUT2D eigenvalue weighted by molar-refractivity contribution is -0.256. The minimum atomic E-state index is -0.485. The van der Waals surface area contributed by atoms with Gasteiger partial charge in [0, 0.05) is 12.0 Å². The summed E-state index contributed by atoms with van der Waals surface area (Å²) in [6.45, 7) is 16.9. The van der Waals surface area contributed by atoms with Crippen molar-refractivity contribution in [3.8, 4) is 0 Å². The van der Waals surface area contributed by atoms with Crippen LogP contribution in [0.25, 0.3) is 0 Å². The van der Waals surface area contributed by atoms with Gasteiger partial charge >= 0.3 is 5.97 Å². The van der Waals surface area contributed by atoms with Crippen molar-refractivity contribution in [3.63, 3.8) is 0 Å². The van der Waals surface area contributed by atoms with E-state index in [1.807, 2.05) is 0 Å². The summed E-state index contributed by atoms with van der Waals surface area (Å²) in [5.74, 6) is 1.97. The van der Waals surface area contributed by atoms with Crippen molar-refractivity contribution >= 4 is 5.97 Å². The van der Waals surface area contributed by atoms with Crippen molar-refractivity contribution < 1.29 is 33.6 Å². The Kier molecular flexibility index (Phi) is 7.44. The molecular formula is C39H61NO7. The Labute approximate surface area is 282 Å². The van der Waals surface area contributed by atoms with Crippen LogP contribution in [0.4, 0.5) is 0 Å². The van der Waals surface area contributed by atoms with Gasteiger partial charge in [-0.1, -0.05) is 41.0 Å². The molecule has 0 bridgehead atoms. The number of rotatable bonds is 6. The highest BCUT2D eigenvalue weighted by Crippen LogP contribution is 2.89. The molecule has 8 nitrogen and oxygen atoms in total. The fourth-order valence-electron chi connectivity index (χ4n) is 14.3. The molecule has 47 heavy (non-hydrogen) atoms. The van der Waals surface area contributed by atoms with Crippen LogP contribution in [-0.4, -0.2) is 92.2 Å². The van der Waals surface area contributed by atoms with Crippen LogP contribution in [-0.2, 0) is 28.5 Å². The van der Waals surface area contributed by atoms with Crippen molar-refractivity contribution in [2.75, 3.05) is 39.5 Å². The van der Waals surface area contributed by atoms with Gasteiger partial charge < -0.3 is 28.8 Å². The molecule has 6 saturated carbocycles. The fourth-order valence-corrected chi connectivity index (χ4v) is 14.3. The van der Waals surface area contributed by atoms with Gasteiger partial charge in [-0.15, -0.1) is 0 Å². The van der Waals surface area contributed by atoms with Crippen LogP contribution in [0.2, 0.25) is 0 Å². The highest BCUT2D eigenvalue weighted by Gasteiger charge is 2.84. The number of aliphatic hydroxyl groups is 1. The molecule has 9 rings (SSSR count). The third-order valence-electron chi connectivity index (χ3n) is 17.2. The van der Waals surface area contributed by atoms with Gasteiger partial charge in [0.15, 0.2) is 6.29 Å².